The van der Waals surface area contributed by atoms with Crippen molar-refractivity contribution in [1.29, 1.82) is 0 Å². The molecule has 1 amide bonds. The lowest BCUT2D eigenvalue weighted by Gasteiger charge is -2.31. The predicted octanol–water partition coefficient (Wildman–Crippen LogP) is 2.83. The van der Waals surface area contributed by atoms with Gasteiger partial charge in [0.2, 0.25) is 0 Å². The fourth-order valence-corrected chi connectivity index (χ4v) is 5.16. The van der Waals surface area contributed by atoms with E-state index in [1.165, 1.54) is 16.0 Å². The van der Waals surface area contributed by atoms with Crippen LogP contribution in [0, 0.1) is 0 Å². The molecule has 4 heterocycles. The highest BCUT2D eigenvalue weighted by atomic mass is 32.1. The average molecular weight is 385 g/mol. The minimum Gasteiger partial charge on any atom is -0.337 e. The summed E-state index contributed by atoms with van der Waals surface area (Å²) in [5.74, 6) is 0.174. The van der Waals surface area contributed by atoms with E-state index in [1.807, 2.05) is 11.1 Å². The fraction of sp³-hybridized carbons (Fsp3) is 0.524. The van der Waals surface area contributed by atoms with Crippen LogP contribution in [0.15, 0.2) is 23.7 Å². The molecule has 1 atom stereocenters. The Morgan fingerprint density at radius 2 is 2.26 bits per heavy atom. The zero-order valence-corrected chi connectivity index (χ0v) is 16.8. The van der Waals surface area contributed by atoms with Crippen molar-refractivity contribution in [2.45, 2.75) is 51.7 Å². The fourth-order valence-electron chi connectivity index (χ4n) is 4.05. The first-order valence-corrected chi connectivity index (χ1v) is 10.8. The molecule has 0 unspecified atom stereocenters. The molecule has 4 rings (SSSR count). The molecule has 2 aliphatic rings. The molecule has 1 saturated heterocycles. The van der Waals surface area contributed by atoms with Gasteiger partial charge in [0.15, 0.2) is 0 Å². The number of carbonyl (C=O) groups is 1. The van der Waals surface area contributed by atoms with Crippen LogP contribution in [0.25, 0.3) is 0 Å². The van der Waals surface area contributed by atoms with Gasteiger partial charge in [0.05, 0.1) is 11.3 Å². The summed E-state index contributed by atoms with van der Waals surface area (Å²) in [6, 6.07) is 4.43. The lowest BCUT2D eigenvalue weighted by Crippen LogP contribution is -2.46. The van der Waals surface area contributed by atoms with Gasteiger partial charge in [-0.25, -0.2) is 0 Å². The standard InChI is InChI=1S/C21H28N4OS/c1-2-15-5-6-17(23-10-15)12-24-9-7-18-19(14-27-20(18)13-24)21(26)25-8-3-4-16(22)11-25/h5-6,10,14,16H,2-4,7-9,11-13,22H2,1H3/t16-/m0/s1. The number of carbonyl (C=O) groups excluding carboxylic acids is 1. The zero-order chi connectivity index (χ0) is 18.8. The lowest BCUT2D eigenvalue weighted by molar-refractivity contribution is 0.0707. The third kappa shape index (κ3) is 4.08. The summed E-state index contributed by atoms with van der Waals surface area (Å²) < 4.78 is 0. The number of rotatable bonds is 4. The quantitative estimate of drug-likeness (QED) is 0.880. The number of aromatic nitrogens is 1. The van der Waals surface area contributed by atoms with Crippen LogP contribution in [0.1, 0.15) is 51.8 Å². The molecule has 0 aliphatic carbocycles. The van der Waals surface area contributed by atoms with E-state index in [9.17, 15) is 4.79 Å². The molecule has 6 heteroatoms. The number of amides is 1. The second kappa shape index (κ2) is 8.09. The van der Waals surface area contributed by atoms with Gasteiger partial charge in [0, 0.05) is 55.2 Å². The molecular weight excluding hydrogens is 356 g/mol. The molecule has 0 bridgehead atoms. The molecule has 0 spiro atoms. The molecule has 2 aliphatic heterocycles. The van der Waals surface area contributed by atoms with Crippen molar-refractivity contribution in [2.75, 3.05) is 19.6 Å². The molecule has 0 radical (unpaired) electrons. The number of likely N-dealkylation sites (tertiary alicyclic amines) is 1. The van der Waals surface area contributed by atoms with Crippen molar-refractivity contribution in [3.63, 3.8) is 0 Å². The third-order valence-electron chi connectivity index (χ3n) is 5.68. The van der Waals surface area contributed by atoms with Crippen molar-refractivity contribution < 1.29 is 4.79 Å². The summed E-state index contributed by atoms with van der Waals surface area (Å²) in [6.45, 7) is 6.42. The van der Waals surface area contributed by atoms with Crippen molar-refractivity contribution in [3.8, 4) is 0 Å². The highest BCUT2D eigenvalue weighted by molar-refractivity contribution is 7.10. The molecule has 2 N–H and O–H groups in total. The molecule has 2 aromatic rings. The zero-order valence-electron chi connectivity index (χ0n) is 16.0. The normalized spacial score (nSPS) is 20.5. The second-order valence-electron chi connectivity index (χ2n) is 7.68. The second-order valence-corrected chi connectivity index (χ2v) is 8.64. The molecule has 1 fully saturated rings. The smallest absolute Gasteiger partial charge is 0.255 e. The van der Waals surface area contributed by atoms with E-state index < -0.39 is 0 Å². The summed E-state index contributed by atoms with van der Waals surface area (Å²) >= 11 is 1.72. The van der Waals surface area contributed by atoms with Gasteiger partial charge < -0.3 is 10.6 Å². The van der Waals surface area contributed by atoms with Crippen LogP contribution in [-0.4, -0.2) is 46.4 Å². The Hall–Kier alpha value is -1.76. The van der Waals surface area contributed by atoms with E-state index in [2.05, 4.69) is 34.3 Å². The maximum absolute atomic E-state index is 13.0. The summed E-state index contributed by atoms with van der Waals surface area (Å²) in [5.41, 5.74) is 10.6. The third-order valence-corrected chi connectivity index (χ3v) is 6.69. The van der Waals surface area contributed by atoms with Crippen molar-refractivity contribution in [1.82, 2.24) is 14.8 Å². The topological polar surface area (TPSA) is 62.5 Å². The highest BCUT2D eigenvalue weighted by Gasteiger charge is 2.28. The summed E-state index contributed by atoms with van der Waals surface area (Å²) in [6.07, 6.45) is 5.97. The Kier molecular flexibility index (Phi) is 5.57. The van der Waals surface area contributed by atoms with Crippen LogP contribution in [-0.2, 0) is 25.9 Å². The number of thiophene rings is 1. The summed E-state index contributed by atoms with van der Waals surface area (Å²) in [5, 5.41) is 2.06. The first kappa shape index (κ1) is 18.6. The molecule has 27 heavy (non-hydrogen) atoms. The first-order chi connectivity index (χ1) is 13.1. The number of fused-ring (bicyclic) bond motifs is 1. The highest BCUT2D eigenvalue weighted by Crippen LogP contribution is 2.30. The molecular formula is C21H28N4OS. The van der Waals surface area contributed by atoms with E-state index in [-0.39, 0.29) is 11.9 Å². The average Bonchev–Trinajstić information content (AvgIpc) is 3.11. The van der Waals surface area contributed by atoms with Crippen molar-refractivity contribution >= 4 is 17.2 Å². The monoisotopic (exact) mass is 384 g/mol. The van der Waals surface area contributed by atoms with Crippen LogP contribution < -0.4 is 5.73 Å². The number of aryl methyl sites for hydroxylation is 1. The van der Waals surface area contributed by atoms with Crippen LogP contribution in [0.3, 0.4) is 0 Å². The number of piperidine rings is 1. The molecule has 5 nitrogen and oxygen atoms in total. The van der Waals surface area contributed by atoms with E-state index in [0.717, 1.165) is 63.1 Å². The van der Waals surface area contributed by atoms with Gasteiger partial charge in [-0.15, -0.1) is 11.3 Å². The number of pyridine rings is 1. The molecule has 0 saturated carbocycles. The van der Waals surface area contributed by atoms with E-state index in [4.69, 9.17) is 5.73 Å². The number of hydrogen-bond acceptors (Lipinski definition) is 5. The van der Waals surface area contributed by atoms with Crippen LogP contribution in [0.5, 0.6) is 0 Å². The summed E-state index contributed by atoms with van der Waals surface area (Å²) in [7, 11) is 0. The first-order valence-electron chi connectivity index (χ1n) is 9.94. The van der Waals surface area contributed by atoms with E-state index in [0.29, 0.717) is 6.54 Å². The van der Waals surface area contributed by atoms with Crippen LogP contribution in [0.2, 0.25) is 0 Å². The number of nitrogens with zero attached hydrogens (tertiary/aromatic N) is 3. The Labute approximate surface area is 165 Å². The number of nitrogens with two attached hydrogens (primary N) is 1. The largest absolute Gasteiger partial charge is 0.337 e. The van der Waals surface area contributed by atoms with E-state index in [1.54, 1.807) is 11.3 Å². The van der Waals surface area contributed by atoms with Gasteiger partial charge in [-0.2, -0.15) is 0 Å². The van der Waals surface area contributed by atoms with Crippen molar-refractivity contribution in [3.05, 3.63) is 51.0 Å². The van der Waals surface area contributed by atoms with E-state index >= 15 is 0 Å². The predicted molar refractivity (Wildman–Crippen MR) is 109 cm³/mol. The van der Waals surface area contributed by atoms with Gasteiger partial charge in [-0.3, -0.25) is 14.7 Å². The maximum Gasteiger partial charge on any atom is 0.255 e. The van der Waals surface area contributed by atoms with Crippen LogP contribution >= 0.6 is 11.3 Å². The van der Waals surface area contributed by atoms with Gasteiger partial charge >= 0.3 is 0 Å². The Bertz CT molecular complexity index is 801. The van der Waals surface area contributed by atoms with Gasteiger partial charge in [-0.1, -0.05) is 13.0 Å². The molecule has 144 valence electrons. The van der Waals surface area contributed by atoms with Gasteiger partial charge in [-0.05, 0) is 42.9 Å². The Balaban J connectivity index is 1.43. The van der Waals surface area contributed by atoms with Gasteiger partial charge in [0.25, 0.3) is 5.91 Å². The Morgan fingerprint density at radius 1 is 1.37 bits per heavy atom. The van der Waals surface area contributed by atoms with Crippen molar-refractivity contribution in [2.24, 2.45) is 5.73 Å². The maximum atomic E-state index is 13.0. The minimum atomic E-state index is 0.124. The number of hydrogen-bond donors (Lipinski definition) is 1. The van der Waals surface area contributed by atoms with Crippen LogP contribution in [0.4, 0.5) is 0 Å². The van der Waals surface area contributed by atoms with Gasteiger partial charge in [0.1, 0.15) is 0 Å². The lowest BCUT2D eigenvalue weighted by atomic mass is 10.0. The SMILES string of the molecule is CCc1ccc(CN2CCc3c(C(=O)N4CCC[C@H](N)C4)csc3C2)nc1. The molecule has 0 aromatic carbocycles. The summed E-state index contributed by atoms with van der Waals surface area (Å²) in [4.78, 5) is 23.3. The molecule has 2 aromatic heterocycles. The Morgan fingerprint density at radius 3 is 3.00 bits per heavy atom. The minimum absolute atomic E-state index is 0.124.